The smallest absolute Gasteiger partial charge is 0.260 e. The standard InChI is InChI=1S/C25H22FN3O3S/c1-14(2)15-8-11-22-20(12-15)27-24(32-22)16-9-10-21(31-3)19(13-16)28-25(33)29-23(30)17-6-4-5-7-18(17)26/h4-14H,1-3H3,(H2,28,29,30,33). The lowest BCUT2D eigenvalue weighted by atomic mass is 10.0. The average Bonchev–Trinajstić information content (AvgIpc) is 3.22. The summed E-state index contributed by atoms with van der Waals surface area (Å²) in [4.78, 5) is 17.0. The molecule has 8 heteroatoms. The van der Waals surface area contributed by atoms with Gasteiger partial charge in [0, 0.05) is 5.56 Å². The Balaban J connectivity index is 1.58. The molecule has 4 aromatic rings. The number of hydrogen-bond donors (Lipinski definition) is 2. The number of nitrogens with zero attached hydrogens (tertiary/aromatic N) is 1. The summed E-state index contributed by atoms with van der Waals surface area (Å²) in [6.45, 7) is 4.24. The normalized spacial score (nSPS) is 10.9. The van der Waals surface area contributed by atoms with Crippen LogP contribution in [0.5, 0.6) is 5.75 Å². The Hall–Kier alpha value is -3.78. The Labute approximate surface area is 195 Å². The first-order valence-electron chi connectivity index (χ1n) is 10.3. The number of oxazole rings is 1. The number of carbonyl (C=O) groups excluding carboxylic acids is 1. The van der Waals surface area contributed by atoms with Crippen molar-refractivity contribution >= 4 is 40.0 Å². The molecule has 0 aliphatic rings. The van der Waals surface area contributed by atoms with Crippen molar-refractivity contribution in [3.63, 3.8) is 0 Å². The molecule has 4 rings (SSSR count). The highest BCUT2D eigenvalue weighted by Gasteiger charge is 2.16. The number of halogens is 1. The molecule has 1 amide bonds. The van der Waals surface area contributed by atoms with Crippen LogP contribution in [0.25, 0.3) is 22.6 Å². The zero-order chi connectivity index (χ0) is 23.5. The maximum Gasteiger partial charge on any atom is 0.260 e. The number of hydrogen-bond acceptors (Lipinski definition) is 5. The number of nitrogens with one attached hydrogen (secondary N) is 2. The maximum atomic E-state index is 13.9. The molecular weight excluding hydrogens is 441 g/mol. The van der Waals surface area contributed by atoms with Gasteiger partial charge in [-0.3, -0.25) is 10.1 Å². The predicted molar refractivity (Wildman–Crippen MR) is 130 cm³/mol. The van der Waals surface area contributed by atoms with Crippen LogP contribution in [0.3, 0.4) is 0 Å². The zero-order valence-corrected chi connectivity index (χ0v) is 19.1. The third-order valence-corrected chi connectivity index (χ3v) is 5.32. The first-order valence-corrected chi connectivity index (χ1v) is 10.7. The van der Waals surface area contributed by atoms with Gasteiger partial charge in [-0.2, -0.15) is 0 Å². The highest BCUT2D eigenvalue weighted by molar-refractivity contribution is 7.80. The van der Waals surface area contributed by atoms with Gasteiger partial charge in [-0.15, -0.1) is 0 Å². The second kappa shape index (κ2) is 9.38. The van der Waals surface area contributed by atoms with Crippen molar-refractivity contribution in [2.75, 3.05) is 12.4 Å². The summed E-state index contributed by atoms with van der Waals surface area (Å²) in [5.41, 5.74) is 3.73. The summed E-state index contributed by atoms with van der Waals surface area (Å²) < 4.78 is 25.2. The molecule has 1 heterocycles. The Morgan fingerprint density at radius 1 is 1.12 bits per heavy atom. The van der Waals surface area contributed by atoms with Crippen molar-refractivity contribution in [2.24, 2.45) is 0 Å². The maximum absolute atomic E-state index is 13.9. The van der Waals surface area contributed by atoms with Crippen LogP contribution < -0.4 is 15.4 Å². The van der Waals surface area contributed by atoms with Gasteiger partial charge in [-0.1, -0.05) is 32.0 Å². The quantitative estimate of drug-likeness (QED) is 0.359. The van der Waals surface area contributed by atoms with E-state index >= 15 is 0 Å². The van der Waals surface area contributed by atoms with Gasteiger partial charge in [-0.05, 0) is 66.2 Å². The minimum Gasteiger partial charge on any atom is -0.495 e. The summed E-state index contributed by atoms with van der Waals surface area (Å²) in [5.74, 6) is 0.0406. The monoisotopic (exact) mass is 463 g/mol. The molecule has 6 nitrogen and oxygen atoms in total. The minimum atomic E-state index is -0.652. The molecule has 0 unspecified atom stereocenters. The van der Waals surface area contributed by atoms with Crippen molar-refractivity contribution in [2.45, 2.75) is 19.8 Å². The molecule has 0 aliphatic heterocycles. The van der Waals surface area contributed by atoms with Crippen LogP contribution in [0.4, 0.5) is 10.1 Å². The number of thiocarbonyl (C=S) groups is 1. The summed E-state index contributed by atoms with van der Waals surface area (Å²) in [7, 11) is 1.52. The van der Waals surface area contributed by atoms with Gasteiger partial charge in [0.25, 0.3) is 5.91 Å². The van der Waals surface area contributed by atoms with Crippen LogP contribution in [-0.2, 0) is 0 Å². The number of benzene rings is 3. The van der Waals surface area contributed by atoms with E-state index in [9.17, 15) is 9.18 Å². The number of methoxy groups -OCH3 is 1. The van der Waals surface area contributed by atoms with Gasteiger partial charge >= 0.3 is 0 Å². The van der Waals surface area contributed by atoms with Crippen molar-refractivity contribution < 1.29 is 18.3 Å². The molecule has 0 spiro atoms. The highest BCUT2D eigenvalue weighted by Crippen LogP contribution is 2.32. The van der Waals surface area contributed by atoms with Crippen LogP contribution in [0.1, 0.15) is 35.7 Å². The molecule has 0 saturated carbocycles. The highest BCUT2D eigenvalue weighted by atomic mass is 32.1. The van der Waals surface area contributed by atoms with E-state index in [0.717, 1.165) is 5.52 Å². The molecule has 0 saturated heterocycles. The second-order valence-corrected chi connectivity index (χ2v) is 8.11. The number of fused-ring (bicyclic) bond motifs is 1. The fourth-order valence-corrected chi connectivity index (χ4v) is 3.54. The van der Waals surface area contributed by atoms with E-state index in [0.29, 0.717) is 34.4 Å². The Morgan fingerprint density at radius 2 is 1.91 bits per heavy atom. The number of aromatic nitrogens is 1. The fraction of sp³-hybridized carbons (Fsp3) is 0.160. The van der Waals surface area contributed by atoms with E-state index in [4.69, 9.17) is 21.4 Å². The molecular formula is C25H22FN3O3S. The minimum absolute atomic E-state index is 0.00200. The number of ether oxygens (including phenoxy) is 1. The molecule has 0 atom stereocenters. The molecule has 3 aromatic carbocycles. The lowest BCUT2D eigenvalue weighted by molar-refractivity contribution is 0.0974. The van der Waals surface area contributed by atoms with Gasteiger partial charge in [0.1, 0.15) is 17.1 Å². The average molecular weight is 464 g/mol. The Kier molecular flexibility index (Phi) is 6.37. The van der Waals surface area contributed by atoms with Crippen molar-refractivity contribution in [1.29, 1.82) is 0 Å². The molecule has 2 N–H and O–H groups in total. The third kappa shape index (κ3) is 4.85. The van der Waals surface area contributed by atoms with Gasteiger partial charge in [-0.25, -0.2) is 9.37 Å². The van der Waals surface area contributed by atoms with Gasteiger partial charge in [0.15, 0.2) is 10.7 Å². The summed E-state index contributed by atoms with van der Waals surface area (Å²) in [6, 6.07) is 17.0. The second-order valence-electron chi connectivity index (χ2n) is 7.70. The molecule has 1 aromatic heterocycles. The van der Waals surface area contributed by atoms with Gasteiger partial charge in [0.2, 0.25) is 5.89 Å². The van der Waals surface area contributed by atoms with E-state index < -0.39 is 11.7 Å². The summed E-state index contributed by atoms with van der Waals surface area (Å²) in [5, 5.41) is 5.41. The van der Waals surface area contributed by atoms with Crippen LogP contribution in [0.15, 0.2) is 65.1 Å². The number of carbonyl (C=O) groups is 1. The van der Waals surface area contributed by atoms with E-state index in [-0.39, 0.29) is 10.7 Å². The predicted octanol–water partition coefficient (Wildman–Crippen LogP) is 5.89. The third-order valence-electron chi connectivity index (χ3n) is 5.12. The Morgan fingerprint density at radius 3 is 2.64 bits per heavy atom. The van der Waals surface area contributed by atoms with Crippen LogP contribution >= 0.6 is 12.2 Å². The Bertz CT molecular complexity index is 1350. The lowest BCUT2D eigenvalue weighted by Crippen LogP contribution is -2.34. The molecule has 0 radical (unpaired) electrons. The molecule has 168 valence electrons. The summed E-state index contributed by atoms with van der Waals surface area (Å²) in [6.07, 6.45) is 0. The first kappa shape index (κ1) is 22.4. The van der Waals surface area contributed by atoms with E-state index in [1.807, 2.05) is 24.3 Å². The van der Waals surface area contributed by atoms with Crippen molar-refractivity contribution in [3.05, 3.63) is 77.6 Å². The number of amides is 1. The van der Waals surface area contributed by atoms with E-state index in [2.05, 4.69) is 29.5 Å². The zero-order valence-electron chi connectivity index (χ0n) is 18.3. The van der Waals surface area contributed by atoms with Crippen molar-refractivity contribution in [3.8, 4) is 17.2 Å². The van der Waals surface area contributed by atoms with Crippen LogP contribution in [-0.4, -0.2) is 23.1 Å². The van der Waals surface area contributed by atoms with Gasteiger partial charge in [0.05, 0.1) is 18.4 Å². The van der Waals surface area contributed by atoms with E-state index in [1.165, 1.54) is 30.9 Å². The first-order chi connectivity index (χ1) is 15.9. The number of rotatable bonds is 5. The van der Waals surface area contributed by atoms with E-state index in [1.54, 1.807) is 18.2 Å². The van der Waals surface area contributed by atoms with Crippen LogP contribution in [0.2, 0.25) is 0 Å². The molecule has 0 bridgehead atoms. The number of anilines is 1. The molecule has 33 heavy (non-hydrogen) atoms. The van der Waals surface area contributed by atoms with Gasteiger partial charge < -0.3 is 14.5 Å². The fourth-order valence-electron chi connectivity index (χ4n) is 3.34. The molecule has 0 fully saturated rings. The van der Waals surface area contributed by atoms with Crippen LogP contribution in [0, 0.1) is 5.82 Å². The molecule has 0 aliphatic carbocycles. The summed E-state index contributed by atoms with van der Waals surface area (Å²) >= 11 is 5.25. The lowest BCUT2D eigenvalue weighted by Gasteiger charge is -2.14. The SMILES string of the molecule is COc1ccc(-c2nc3cc(C(C)C)ccc3o2)cc1NC(=S)NC(=O)c1ccccc1F. The topological polar surface area (TPSA) is 76.4 Å². The van der Waals surface area contributed by atoms with Crippen molar-refractivity contribution in [1.82, 2.24) is 10.3 Å². The largest absolute Gasteiger partial charge is 0.495 e.